The molecule has 0 aliphatic rings. The van der Waals surface area contributed by atoms with E-state index in [1.807, 2.05) is 37.3 Å². The molecule has 1 atom stereocenters. The zero-order valence-corrected chi connectivity index (χ0v) is 13.0. The van der Waals surface area contributed by atoms with Crippen LogP contribution in [0.5, 0.6) is 5.75 Å². The van der Waals surface area contributed by atoms with Gasteiger partial charge in [0.1, 0.15) is 17.3 Å². The smallest absolute Gasteiger partial charge is 0.137 e. The molecule has 4 nitrogen and oxygen atoms in total. The van der Waals surface area contributed by atoms with Gasteiger partial charge < -0.3 is 19.6 Å². The maximum Gasteiger partial charge on any atom is 0.137 e. The summed E-state index contributed by atoms with van der Waals surface area (Å²) in [5.74, 6) is 2.22. The summed E-state index contributed by atoms with van der Waals surface area (Å²) in [4.78, 5) is 0. The molecule has 0 radical (unpaired) electrons. The van der Waals surface area contributed by atoms with Crippen LogP contribution < -0.4 is 10.1 Å². The Hall–Kier alpha value is -1.49. The zero-order valence-electron chi connectivity index (χ0n) is 12.2. The van der Waals surface area contributed by atoms with Crippen LogP contribution in [0.3, 0.4) is 0 Å². The van der Waals surface area contributed by atoms with Crippen molar-refractivity contribution in [1.29, 1.82) is 0 Å². The zero-order chi connectivity index (χ0) is 15.2. The third-order valence-electron chi connectivity index (χ3n) is 3.38. The fraction of sp³-hybridized carbons (Fsp3) is 0.375. The molecule has 0 saturated carbocycles. The van der Waals surface area contributed by atoms with Crippen molar-refractivity contribution in [3.63, 3.8) is 0 Å². The number of hydrogen-bond acceptors (Lipinski definition) is 4. The second-order valence-corrected chi connectivity index (χ2v) is 5.19. The second kappa shape index (κ2) is 7.50. The summed E-state index contributed by atoms with van der Waals surface area (Å²) < 4.78 is 10.9. The van der Waals surface area contributed by atoms with Gasteiger partial charge in [-0.3, -0.25) is 0 Å². The molecule has 21 heavy (non-hydrogen) atoms. The van der Waals surface area contributed by atoms with Crippen LogP contribution in [0, 0.1) is 0 Å². The summed E-state index contributed by atoms with van der Waals surface area (Å²) in [6, 6.07) is 9.47. The van der Waals surface area contributed by atoms with Crippen LogP contribution >= 0.6 is 11.6 Å². The molecule has 2 rings (SSSR count). The molecule has 0 fully saturated rings. The number of aliphatic hydroxyl groups excluding tert-OH is 1. The Labute approximate surface area is 129 Å². The topological polar surface area (TPSA) is 54.6 Å². The number of hydrogen-bond donors (Lipinski definition) is 2. The number of aliphatic hydroxyl groups is 1. The van der Waals surface area contributed by atoms with Gasteiger partial charge in [0.15, 0.2) is 0 Å². The molecule has 0 spiro atoms. The first-order valence-corrected chi connectivity index (χ1v) is 7.32. The number of rotatable bonds is 7. The molecule has 5 heteroatoms. The third-order valence-corrected chi connectivity index (χ3v) is 3.67. The van der Waals surface area contributed by atoms with E-state index >= 15 is 0 Å². The maximum atomic E-state index is 9.15. The van der Waals surface area contributed by atoms with Crippen molar-refractivity contribution in [2.24, 2.45) is 0 Å². The molecule has 1 heterocycles. The average Bonchev–Trinajstić information content (AvgIpc) is 2.97. The minimum Gasteiger partial charge on any atom is -0.495 e. The lowest BCUT2D eigenvalue weighted by Gasteiger charge is -2.12. The van der Waals surface area contributed by atoms with E-state index in [4.69, 9.17) is 25.9 Å². The molecule has 0 unspecified atom stereocenters. The van der Waals surface area contributed by atoms with Gasteiger partial charge in [-0.05, 0) is 36.8 Å². The van der Waals surface area contributed by atoms with Gasteiger partial charge in [-0.15, -0.1) is 0 Å². The Bertz CT molecular complexity index is 579. The Balaban J connectivity index is 2.07. The predicted octanol–water partition coefficient (Wildman–Crippen LogP) is 3.47. The maximum absolute atomic E-state index is 9.15. The highest BCUT2D eigenvalue weighted by Crippen LogP contribution is 2.31. The van der Waals surface area contributed by atoms with Crippen molar-refractivity contribution >= 4 is 11.6 Å². The monoisotopic (exact) mass is 309 g/mol. The summed E-state index contributed by atoms with van der Waals surface area (Å²) in [7, 11) is 1.59. The molecule has 0 aliphatic heterocycles. The van der Waals surface area contributed by atoms with Crippen molar-refractivity contribution in [3.05, 3.63) is 41.1 Å². The summed E-state index contributed by atoms with van der Waals surface area (Å²) >= 11 is 6.12. The lowest BCUT2D eigenvalue weighted by atomic mass is 10.2. The normalized spacial score (nSPS) is 12.4. The van der Waals surface area contributed by atoms with E-state index in [9.17, 15) is 0 Å². The van der Waals surface area contributed by atoms with Crippen molar-refractivity contribution in [3.8, 4) is 17.1 Å². The van der Waals surface area contributed by atoms with Crippen LogP contribution in [-0.2, 0) is 6.54 Å². The molecular weight excluding hydrogens is 290 g/mol. The molecule has 114 valence electrons. The minimum atomic E-state index is 0.0916. The largest absolute Gasteiger partial charge is 0.495 e. The van der Waals surface area contributed by atoms with Gasteiger partial charge in [0.2, 0.25) is 0 Å². The quantitative estimate of drug-likeness (QED) is 0.822. The van der Waals surface area contributed by atoms with E-state index in [1.165, 1.54) is 0 Å². The van der Waals surface area contributed by atoms with Crippen LogP contribution in [0.4, 0.5) is 0 Å². The highest BCUT2D eigenvalue weighted by molar-refractivity contribution is 6.32. The number of furan rings is 1. The molecule has 0 aliphatic carbocycles. The van der Waals surface area contributed by atoms with Gasteiger partial charge in [-0.2, -0.15) is 0 Å². The molecule has 0 bridgehead atoms. The van der Waals surface area contributed by atoms with Gasteiger partial charge in [0.05, 0.1) is 25.3 Å². The molecule has 0 saturated heterocycles. The first-order chi connectivity index (χ1) is 10.2. The van der Waals surface area contributed by atoms with E-state index in [1.54, 1.807) is 7.11 Å². The van der Waals surface area contributed by atoms with Gasteiger partial charge in [0.25, 0.3) is 0 Å². The third kappa shape index (κ3) is 4.00. The van der Waals surface area contributed by atoms with Crippen molar-refractivity contribution in [2.45, 2.75) is 25.9 Å². The second-order valence-electron chi connectivity index (χ2n) is 4.78. The van der Waals surface area contributed by atoms with Crippen LogP contribution in [0.25, 0.3) is 11.3 Å². The van der Waals surface area contributed by atoms with E-state index in [0.29, 0.717) is 17.3 Å². The summed E-state index contributed by atoms with van der Waals surface area (Å²) in [5, 5.41) is 12.9. The van der Waals surface area contributed by atoms with Gasteiger partial charge >= 0.3 is 0 Å². The van der Waals surface area contributed by atoms with E-state index in [0.717, 1.165) is 23.5 Å². The lowest BCUT2D eigenvalue weighted by Crippen LogP contribution is -2.30. The highest BCUT2D eigenvalue weighted by atomic mass is 35.5. The minimum absolute atomic E-state index is 0.0916. The van der Waals surface area contributed by atoms with Gasteiger partial charge in [-0.25, -0.2) is 0 Å². The van der Waals surface area contributed by atoms with Crippen molar-refractivity contribution in [2.75, 3.05) is 13.7 Å². The SMILES string of the molecule is CC[C@H](CO)NCc1ccc(-c2ccc(OC)c(Cl)c2)o1. The van der Waals surface area contributed by atoms with Crippen LogP contribution in [0.15, 0.2) is 34.7 Å². The Morgan fingerprint density at radius 2 is 2.14 bits per heavy atom. The summed E-state index contributed by atoms with van der Waals surface area (Å²) in [5.41, 5.74) is 0.904. The average molecular weight is 310 g/mol. The van der Waals surface area contributed by atoms with Crippen LogP contribution in [0.2, 0.25) is 5.02 Å². The van der Waals surface area contributed by atoms with Crippen molar-refractivity contribution in [1.82, 2.24) is 5.32 Å². The van der Waals surface area contributed by atoms with Gasteiger partial charge in [0, 0.05) is 11.6 Å². The molecule has 2 N–H and O–H groups in total. The van der Waals surface area contributed by atoms with Crippen LogP contribution in [0.1, 0.15) is 19.1 Å². The van der Waals surface area contributed by atoms with E-state index < -0.39 is 0 Å². The lowest BCUT2D eigenvalue weighted by molar-refractivity contribution is 0.235. The molecule has 0 amide bonds. The number of halogens is 1. The van der Waals surface area contributed by atoms with Crippen LogP contribution in [-0.4, -0.2) is 24.9 Å². The first kappa shape index (κ1) is 15.9. The first-order valence-electron chi connectivity index (χ1n) is 6.94. The Morgan fingerprint density at radius 3 is 2.76 bits per heavy atom. The fourth-order valence-electron chi connectivity index (χ4n) is 2.03. The van der Waals surface area contributed by atoms with Gasteiger partial charge in [-0.1, -0.05) is 18.5 Å². The standard InChI is InChI=1S/C16H20ClNO3/c1-3-12(10-19)18-9-13-5-7-15(21-13)11-4-6-16(20-2)14(17)8-11/h4-8,12,18-19H,3,9-10H2,1-2H3/t12-/m1/s1. The number of methoxy groups -OCH3 is 1. The summed E-state index contributed by atoms with van der Waals surface area (Å²) in [6.07, 6.45) is 0.873. The van der Waals surface area contributed by atoms with E-state index in [2.05, 4.69) is 5.32 Å². The number of ether oxygens (including phenoxy) is 1. The predicted molar refractivity (Wildman–Crippen MR) is 83.7 cm³/mol. The Kier molecular flexibility index (Phi) is 5.67. The fourth-order valence-corrected chi connectivity index (χ4v) is 2.29. The molecule has 1 aromatic carbocycles. The molecule has 1 aromatic heterocycles. The van der Waals surface area contributed by atoms with Crippen molar-refractivity contribution < 1.29 is 14.3 Å². The number of benzene rings is 1. The molecular formula is C16H20ClNO3. The Morgan fingerprint density at radius 1 is 1.33 bits per heavy atom. The van der Waals surface area contributed by atoms with E-state index in [-0.39, 0.29) is 12.6 Å². The molecule has 2 aromatic rings. The highest BCUT2D eigenvalue weighted by Gasteiger charge is 2.09. The number of nitrogens with one attached hydrogen (secondary N) is 1. The summed E-state index contributed by atoms with van der Waals surface area (Å²) in [6.45, 7) is 2.74.